The van der Waals surface area contributed by atoms with Gasteiger partial charge in [0.15, 0.2) is 5.78 Å². The minimum atomic E-state index is 0.197. The third-order valence-corrected chi connectivity index (χ3v) is 2.93. The van der Waals surface area contributed by atoms with Crippen molar-refractivity contribution in [3.05, 3.63) is 35.4 Å². The number of Topliss-reactive ketones (excluding diaryl/α,β-unsaturated/α-hetero) is 1. The second-order valence-electron chi connectivity index (χ2n) is 5.18. The van der Waals surface area contributed by atoms with Crippen molar-refractivity contribution in [3.8, 4) is 0 Å². The fraction of sp³-hybridized carbons (Fsp3) is 0.533. The average molecular weight is 248 g/mol. The summed E-state index contributed by atoms with van der Waals surface area (Å²) in [4.78, 5) is 16.3. The van der Waals surface area contributed by atoms with Crippen LogP contribution in [0.2, 0.25) is 0 Å². The highest BCUT2D eigenvalue weighted by atomic mass is 16.1. The molecule has 0 spiro atoms. The van der Waals surface area contributed by atoms with Crippen LogP contribution in [-0.2, 0) is 0 Å². The van der Waals surface area contributed by atoms with E-state index in [0.717, 1.165) is 25.1 Å². The predicted molar refractivity (Wildman–Crippen MR) is 76.2 cm³/mol. The van der Waals surface area contributed by atoms with Crippen LogP contribution in [0, 0.1) is 6.92 Å². The van der Waals surface area contributed by atoms with E-state index in [1.165, 1.54) is 5.56 Å². The minimum Gasteiger partial charge on any atom is -0.309 e. The van der Waals surface area contributed by atoms with E-state index in [0.29, 0.717) is 6.54 Å². The molecule has 0 heterocycles. The molecule has 3 nitrogen and oxygen atoms in total. The Hall–Kier alpha value is -1.19. The van der Waals surface area contributed by atoms with Gasteiger partial charge in [0.05, 0.1) is 6.54 Å². The molecule has 0 fully saturated rings. The largest absolute Gasteiger partial charge is 0.309 e. The summed E-state index contributed by atoms with van der Waals surface area (Å²) in [6, 6.07) is 7.79. The van der Waals surface area contributed by atoms with E-state index in [9.17, 15) is 4.79 Å². The van der Waals surface area contributed by atoms with Crippen molar-refractivity contribution >= 4 is 5.78 Å². The fourth-order valence-electron chi connectivity index (χ4n) is 1.81. The van der Waals surface area contributed by atoms with Crippen LogP contribution in [0.5, 0.6) is 0 Å². The summed E-state index contributed by atoms with van der Waals surface area (Å²) < 4.78 is 0. The summed E-state index contributed by atoms with van der Waals surface area (Å²) >= 11 is 0. The van der Waals surface area contributed by atoms with Gasteiger partial charge in [-0.25, -0.2) is 0 Å². The Morgan fingerprint density at radius 1 is 1.06 bits per heavy atom. The molecule has 1 aromatic rings. The van der Waals surface area contributed by atoms with Crippen molar-refractivity contribution in [3.63, 3.8) is 0 Å². The van der Waals surface area contributed by atoms with Crippen LogP contribution >= 0.6 is 0 Å². The molecule has 1 rings (SSSR count). The second kappa shape index (κ2) is 7.29. The number of benzene rings is 1. The Balaban J connectivity index is 2.37. The van der Waals surface area contributed by atoms with E-state index in [1.54, 1.807) is 0 Å². The molecular formula is C15H24N2O. The molecule has 0 aliphatic carbocycles. The van der Waals surface area contributed by atoms with Gasteiger partial charge >= 0.3 is 0 Å². The van der Waals surface area contributed by atoms with E-state index in [2.05, 4.69) is 23.9 Å². The van der Waals surface area contributed by atoms with Gasteiger partial charge in [-0.1, -0.05) is 29.8 Å². The maximum Gasteiger partial charge on any atom is 0.176 e. The first kappa shape index (κ1) is 14.9. The highest BCUT2D eigenvalue weighted by Crippen LogP contribution is 2.05. The molecule has 0 amide bonds. The van der Waals surface area contributed by atoms with Crippen molar-refractivity contribution in [1.29, 1.82) is 0 Å². The topological polar surface area (TPSA) is 23.6 Å². The molecule has 18 heavy (non-hydrogen) atoms. The first-order chi connectivity index (χ1) is 8.49. The van der Waals surface area contributed by atoms with Crippen LogP contribution in [0.1, 0.15) is 22.3 Å². The third kappa shape index (κ3) is 5.43. The molecule has 0 atom stereocenters. The maximum absolute atomic E-state index is 12.0. The number of nitrogens with zero attached hydrogens (tertiary/aromatic N) is 2. The number of rotatable bonds is 7. The number of carbonyl (C=O) groups excluding carboxylic acids is 1. The molecular weight excluding hydrogens is 224 g/mol. The van der Waals surface area contributed by atoms with Crippen LogP contribution in [-0.4, -0.2) is 56.4 Å². The molecule has 0 unspecified atom stereocenters. The Kier molecular flexibility index (Phi) is 6.02. The zero-order valence-corrected chi connectivity index (χ0v) is 11.9. The van der Waals surface area contributed by atoms with Crippen LogP contribution in [0.4, 0.5) is 0 Å². The zero-order chi connectivity index (χ0) is 13.5. The average Bonchev–Trinajstić information content (AvgIpc) is 2.29. The van der Waals surface area contributed by atoms with E-state index < -0.39 is 0 Å². The van der Waals surface area contributed by atoms with Gasteiger partial charge in [0, 0.05) is 5.56 Å². The Labute approximate surface area is 110 Å². The summed E-state index contributed by atoms with van der Waals surface area (Å²) in [5.41, 5.74) is 1.99. The van der Waals surface area contributed by atoms with Crippen molar-refractivity contribution in [2.45, 2.75) is 13.3 Å². The summed E-state index contributed by atoms with van der Waals surface area (Å²) in [7, 11) is 6.14. The first-order valence-electron chi connectivity index (χ1n) is 6.42. The molecule has 0 radical (unpaired) electrons. The normalized spacial score (nSPS) is 11.2. The van der Waals surface area contributed by atoms with Gasteiger partial charge in [0.2, 0.25) is 0 Å². The zero-order valence-electron chi connectivity index (χ0n) is 11.9. The number of likely N-dealkylation sites (N-methyl/N-ethyl adjacent to an activating group) is 1. The quantitative estimate of drug-likeness (QED) is 0.690. The van der Waals surface area contributed by atoms with Crippen LogP contribution in [0.3, 0.4) is 0 Å². The smallest absolute Gasteiger partial charge is 0.176 e. The molecule has 0 bridgehead atoms. The lowest BCUT2D eigenvalue weighted by Crippen LogP contribution is -2.29. The van der Waals surface area contributed by atoms with Crippen molar-refractivity contribution in [1.82, 2.24) is 9.80 Å². The summed E-state index contributed by atoms with van der Waals surface area (Å²) in [5.74, 6) is 0.197. The fourth-order valence-corrected chi connectivity index (χ4v) is 1.81. The monoisotopic (exact) mass is 248 g/mol. The lowest BCUT2D eigenvalue weighted by molar-refractivity contribution is 0.0944. The van der Waals surface area contributed by atoms with Gasteiger partial charge in [0.1, 0.15) is 0 Å². The molecule has 0 N–H and O–H groups in total. The van der Waals surface area contributed by atoms with Gasteiger partial charge in [-0.15, -0.1) is 0 Å². The Morgan fingerprint density at radius 3 is 2.22 bits per heavy atom. The summed E-state index contributed by atoms with van der Waals surface area (Å²) in [6.45, 7) is 4.54. The number of hydrogen-bond donors (Lipinski definition) is 0. The molecule has 0 aromatic heterocycles. The molecule has 0 saturated heterocycles. The SMILES string of the molecule is Cc1ccc(C(=O)CN(C)CCCN(C)C)cc1. The van der Waals surface area contributed by atoms with E-state index in [-0.39, 0.29) is 5.78 Å². The lowest BCUT2D eigenvalue weighted by Gasteiger charge is -2.17. The summed E-state index contributed by atoms with van der Waals surface area (Å²) in [6.07, 6.45) is 1.09. The summed E-state index contributed by atoms with van der Waals surface area (Å²) in [5, 5.41) is 0. The molecule has 0 saturated carbocycles. The van der Waals surface area contributed by atoms with Crippen LogP contribution in [0.15, 0.2) is 24.3 Å². The second-order valence-corrected chi connectivity index (χ2v) is 5.18. The van der Waals surface area contributed by atoms with Gasteiger partial charge in [-0.2, -0.15) is 0 Å². The number of carbonyl (C=O) groups is 1. The Bertz CT molecular complexity index is 371. The van der Waals surface area contributed by atoms with Crippen LogP contribution in [0.25, 0.3) is 0 Å². The predicted octanol–water partition coefficient (Wildman–Crippen LogP) is 2.06. The standard InChI is InChI=1S/C15H24N2O/c1-13-6-8-14(9-7-13)15(18)12-17(4)11-5-10-16(2)3/h6-9H,5,10-12H2,1-4H3. The first-order valence-corrected chi connectivity index (χ1v) is 6.42. The number of ketones is 1. The van der Waals surface area contributed by atoms with Gasteiger partial charge < -0.3 is 4.90 Å². The lowest BCUT2D eigenvalue weighted by atomic mass is 10.1. The van der Waals surface area contributed by atoms with E-state index >= 15 is 0 Å². The van der Waals surface area contributed by atoms with Crippen molar-refractivity contribution in [2.24, 2.45) is 0 Å². The molecule has 1 aromatic carbocycles. The van der Waals surface area contributed by atoms with E-state index in [4.69, 9.17) is 0 Å². The minimum absolute atomic E-state index is 0.197. The molecule has 0 aliphatic rings. The van der Waals surface area contributed by atoms with Crippen LogP contribution < -0.4 is 0 Å². The van der Waals surface area contributed by atoms with Crippen molar-refractivity contribution < 1.29 is 4.79 Å². The molecule has 0 aliphatic heterocycles. The van der Waals surface area contributed by atoms with Crippen molar-refractivity contribution in [2.75, 3.05) is 40.8 Å². The molecule has 3 heteroatoms. The highest BCUT2D eigenvalue weighted by molar-refractivity contribution is 5.97. The van der Waals surface area contributed by atoms with Gasteiger partial charge in [0.25, 0.3) is 0 Å². The van der Waals surface area contributed by atoms with Gasteiger partial charge in [-0.3, -0.25) is 9.69 Å². The number of hydrogen-bond acceptors (Lipinski definition) is 3. The Morgan fingerprint density at radius 2 is 1.67 bits per heavy atom. The number of aryl methyl sites for hydroxylation is 1. The third-order valence-electron chi connectivity index (χ3n) is 2.93. The van der Waals surface area contributed by atoms with Gasteiger partial charge in [-0.05, 0) is 47.6 Å². The highest BCUT2D eigenvalue weighted by Gasteiger charge is 2.08. The van der Waals surface area contributed by atoms with E-state index in [1.807, 2.05) is 38.2 Å². The molecule has 100 valence electrons. The maximum atomic E-state index is 12.0.